The maximum atomic E-state index is 13.0. The predicted octanol–water partition coefficient (Wildman–Crippen LogP) is 5.32. The first-order chi connectivity index (χ1) is 19.9. The smallest absolute Gasteiger partial charge is 0.258 e. The van der Waals surface area contributed by atoms with Crippen LogP contribution in [0.5, 0.6) is 0 Å². The average Bonchev–Trinajstić information content (AvgIpc) is 3.14. The van der Waals surface area contributed by atoms with E-state index < -0.39 is 6.23 Å². The number of nitrogens with zero attached hydrogens (tertiary/aromatic N) is 4. The lowest BCUT2D eigenvalue weighted by atomic mass is 9.95. The summed E-state index contributed by atoms with van der Waals surface area (Å²) in [6, 6.07) is 15.3. The number of hydrogen-bond acceptors (Lipinski definition) is 7. The number of nitrogens with one attached hydrogen (secondary N) is 1. The van der Waals surface area contributed by atoms with Gasteiger partial charge in [-0.05, 0) is 68.0 Å². The number of aromatic nitrogens is 2. The Morgan fingerprint density at radius 2 is 1.98 bits per heavy atom. The van der Waals surface area contributed by atoms with Crippen LogP contribution in [0.4, 0.5) is 11.6 Å². The van der Waals surface area contributed by atoms with Crippen LogP contribution in [0.25, 0.3) is 11.0 Å². The van der Waals surface area contributed by atoms with Gasteiger partial charge < -0.3 is 25.6 Å². The minimum atomic E-state index is -0.748. The molecule has 1 aliphatic heterocycles. The fraction of sp³-hybridized carbons (Fsp3) is 0.375. The maximum absolute atomic E-state index is 13.0. The first-order valence-corrected chi connectivity index (χ1v) is 14.2. The van der Waals surface area contributed by atoms with E-state index in [4.69, 9.17) is 10.7 Å². The van der Waals surface area contributed by atoms with Gasteiger partial charge in [-0.2, -0.15) is 0 Å². The number of anilines is 2. The maximum Gasteiger partial charge on any atom is 0.258 e. The summed E-state index contributed by atoms with van der Waals surface area (Å²) < 4.78 is 2.15. The highest BCUT2D eigenvalue weighted by atomic mass is 16.3. The third-order valence-electron chi connectivity index (χ3n) is 7.07. The van der Waals surface area contributed by atoms with Gasteiger partial charge >= 0.3 is 0 Å². The molecule has 4 rings (SSSR count). The van der Waals surface area contributed by atoms with Crippen LogP contribution in [0.1, 0.15) is 55.8 Å². The second-order valence-electron chi connectivity index (χ2n) is 10.0. The highest BCUT2D eigenvalue weighted by molar-refractivity contribution is 6.07. The summed E-state index contributed by atoms with van der Waals surface area (Å²) in [6.45, 7) is 2.92. The number of aryl methyl sites for hydroxylation is 1. The highest BCUT2D eigenvalue weighted by Gasteiger charge is 2.17. The number of carbonyl (C=O) groups excluding carboxylic acids is 2. The fourth-order valence-electron chi connectivity index (χ4n) is 4.76. The molecular formula is C32H42N6O3. The van der Waals surface area contributed by atoms with Crippen LogP contribution in [0.15, 0.2) is 77.4 Å². The molecule has 1 amide bonds. The van der Waals surface area contributed by atoms with E-state index in [9.17, 15) is 14.7 Å². The summed E-state index contributed by atoms with van der Waals surface area (Å²) in [7, 11) is 3.64. The van der Waals surface area contributed by atoms with Crippen molar-refractivity contribution in [2.75, 3.05) is 24.3 Å². The molecule has 2 atom stereocenters. The van der Waals surface area contributed by atoms with Gasteiger partial charge in [-0.25, -0.2) is 4.98 Å². The molecule has 1 aromatic heterocycles. The van der Waals surface area contributed by atoms with E-state index in [1.807, 2.05) is 67.7 Å². The fourth-order valence-corrected chi connectivity index (χ4v) is 4.76. The standard InChI is InChI=1S/C25H35N5O2.C7H7NO/c1-4-10-18(23(26)31)11-8-9-16-30-22-15-14-19(17-21(22)28-25(30)27-2)24(32)29(3)20-12-6-5-7-13-20;9-6-7-3-1-2-4-8-5-7/h5-7,12-15,17-18,23,31H,4,8-11,16,26H2,1-3H3,(H,27,28);1-2,4-6H,3H2. The molecule has 9 nitrogen and oxygen atoms in total. The van der Waals surface area contributed by atoms with Crippen LogP contribution in [0.3, 0.4) is 0 Å². The molecule has 41 heavy (non-hydrogen) atoms. The molecule has 0 saturated heterocycles. The first-order valence-electron chi connectivity index (χ1n) is 14.2. The Hall–Kier alpha value is -4.08. The van der Waals surface area contributed by atoms with Gasteiger partial charge in [-0.15, -0.1) is 0 Å². The molecule has 3 aromatic rings. The third kappa shape index (κ3) is 8.96. The summed E-state index contributed by atoms with van der Waals surface area (Å²) in [5.74, 6) is 0.865. The summed E-state index contributed by atoms with van der Waals surface area (Å²) in [4.78, 5) is 33.3. The zero-order valence-electron chi connectivity index (χ0n) is 24.2. The number of para-hydroxylation sites is 1. The van der Waals surface area contributed by atoms with Gasteiger partial charge in [0.2, 0.25) is 5.95 Å². The van der Waals surface area contributed by atoms with Gasteiger partial charge in [0.25, 0.3) is 5.91 Å². The molecule has 0 fully saturated rings. The molecule has 2 unspecified atom stereocenters. The van der Waals surface area contributed by atoms with E-state index in [-0.39, 0.29) is 11.8 Å². The van der Waals surface area contributed by atoms with Crippen molar-refractivity contribution in [3.05, 3.63) is 78.0 Å². The number of allylic oxidation sites excluding steroid dienone is 3. The molecule has 0 aliphatic carbocycles. The number of rotatable bonds is 12. The van der Waals surface area contributed by atoms with E-state index in [1.54, 1.807) is 24.4 Å². The number of hydrogen-bond donors (Lipinski definition) is 3. The number of nitrogens with two attached hydrogens (primary N) is 1. The number of imidazole rings is 1. The van der Waals surface area contributed by atoms with Gasteiger partial charge in [0.05, 0.1) is 11.0 Å². The second kappa shape index (κ2) is 16.2. The van der Waals surface area contributed by atoms with Gasteiger partial charge in [-0.3, -0.25) is 14.6 Å². The Labute approximate surface area is 242 Å². The van der Waals surface area contributed by atoms with E-state index in [0.717, 1.165) is 73.2 Å². The van der Waals surface area contributed by atoms with Crippen LogP contribution in [-0.2, 0) is 11.3 Å². The number of fused-ring (bicyclic) bond motifs is 1. The summed E-state index contributed by atoms with van der Waals surface area (Å²) in [6.07, 6.45) is 12.6. The van der Waals surface area contributed by atoms with Crippen LogP contribution in [-0.4, -0.2) is 53.4 Å². The van der Waals surface area contributed by atoms with Gasteiger partial charge in [0.15, 0.2) is 0 Å². The number of benzene rings is 2. The highest BCUT2D eigenvalue weighted by Crippen LogP contribution is 2.24. The quantitative estimate of drug-likeness (QED) is 0.157. The van der Waals surface area contributed by atoms with Crippen molar-refractivity contribution >= 4 is 41.1 Å². The van der Waals surface area contributed by atoms with Crippen molar-refractivity contribution < 1.29 is 14.7 Å². The topological polar surface area (TPSA) is 126 Å². The van der Waals surface area contributed by atoms with Gasteiger partial charge in [0.1, 0.15) is 12.5 Å². The normalized spacial score (nSPS) is 13.9. The molecule has 9 heteroatoms. The van der Waals surface area contributed by atoms with Gasteiger partial charge in [0, 0.05) is 49.9 Å². The number of aliphatic imine (C=N–C) groups is 1. The number of amides is 1. The molecule has 0 spiro atoms. The Bertz CT molecular complexity index is 1360. The van der Waals surface area contributed by atoms with Crippen LogP contribution >= 0.6 is 0 Å². The molecule has 218 valence electrons. The van der Waals surface area contributed by atoms with Crippen molar-refractivity contribution in [3.8, 4) is 0 Å². The molecule has 2 aromatic carbocycles. The lowest BCUT2D eigenvalue weighted by Gasteiger charge is -2.19. The molecule has 2 heterocycles. The van der Waals surface area contributed by atoms with Gasteiger partial charge in [-0.1, -0.05) is 44.0 Å². The number of aliphatic hydroxyl groups is 1. The number of carbonyl (C=O) groups is 2. The number of aliphatic hydroxyl groups excluding tert-OH is 1. The van der Waals surface area contributed by atoms with E-state index in [1.165, 1.54) is 0 Å². The van der Waals surface area contributed by atoms with Crippen molar-refractivity contribution in [1.29, 1.82) is 0 Å². The van der Waals surface area contributed by atoms with E-state index in [2.05, 4.69) is 21.8 Å². The lowest BCUT2D eigenvalue weighted by Crippen LogP contribution is -2.29. The largest absolute Gasteiger partial charge is 0.379 e. The third-order valence-corrected chi connectivity index (χ3v) is 7.07. The molecule has 1 aliphatic rings. The zero-order valence-corrected chi connectivity index (χ0v) is 24.2. The van der Waals surface area contributed by atoms with Crippen LogP contribution < -0.4 is 16.0 Å². The molecule has 0 saturated carbocycles. The second-order valence-corrected chi connectivity index (χ2v) is 10.0. The predicted molar refractivity (Wildman–Crippen MR) is 167 cm³/mol. The average molecular weight is 559 g/mol. The van der Waals surface area contributed by atoms with Crippen molar-refractivity contribution in [3.63, 3.8) is 0 Å². The number of aldehydes is 1. The zero-order chi connectivity index (χ0) is 29.6. The summed E-state index contributed by atoms with van der Waals surface area (Å²) in [5.41, 5.74) is 9.69. The Kier molecular flexibility index (Phi) is 12.5. The Balaban J connectivity index is 0.000000436. The van der Waals surface area contributed by atoms with Crippen molar-refractivity contribution in [1.82, 2.24) is 9.55 Å². The molecule has 0 radical (unpaired) electrons. The minimum Gasteiger partial charge on any atom is -0.379 e. The number of unbranched alkanes of at least 4 members (excludes halogenated alkanes) is 1. The summed E-state index contributed by atoms with van der Waals surface area (Å²) in [5, 5.41) is 12.9. The Morgan fingerprint density at radius 1 is 1.20 bits per heavy atom. The molecule has 0 bridgehead atoms. The first kappa shape index (κ1) is 31.4. The minimum absolute atomic E-state index is 0.0686. The van der Waals surface area contributed by atoms with Crippen molar-refractivity contribution in [2.24, 2.45) is 16.6 Å². The van der Waals surface area contributed by atoms with Crippen LogP contribution in [0.2, 0.25) is 0 Å². The monoisotopic (exact) mass is 558 g/mol. The Morgan fingerprint density at radius 3 is 2.66 bits per heavy atom. The molecule has 4 N–H and O–H groups in total. The SMILES string of the molecule is CCCC(CCCCn1c(NC)nc2cc(C(=O)N(C)c3ccccc3)ccc21)C(N)O.O=CC1=CN=CC=CC1. The van der Waals surface area contributed by atoms with Crippen LogP contribution in [0, 0.1) is 5.92 Å². The molecular weight excluding hydrogens is 516 g/mol. The van der Waals surface area contributed by atoms with Crippen molar-refractivity contribution in [2.45, 2.75) is 58.2 Å². The lowest BCUT2D eigenvalue weighted by molar-refractivity contribution is -0.105. The summed E-state index contributed by atoms with van der Waals surface area (Å²) >= 11 is 0. The van der Waals surface area contributed by atoms with E-state index >= 15 is 0 Å². The van der Waals surface area contributed by atoms with E-state index in [0.29, 0.717) is 12.0 Å².